The highest BCUT2D eigenvalue weighted by molar-refractivity contribution is 5.00. The minimum absolute atomic E-state index is 0.522. The molecule has 0 aromatic carbocycles. The molecule has 2 heteroatoms. The van der Waals surface area contributed by atoms with Gasteiger partial charge >= 0.3 is 0 Å². The Morgan fingerprint density at radius 2 is 2.43 bits per heavy atom. The summed E-state index contributed by atoms with van der Waals surface area (Å²) in [5.74, 6) is 2.95. The Balaban J connectivity index is 1.66. The predicted molar refractivity (Wildman–Crippen MR) is 57.1 cm³/mol. The van der Waals surface area contributed by atoms with Gasteiger partial charge in [0, 0.05) is 12.5 Å². The van der Waals surface area contributed by atoms with Crippen LogP contribution in [0.2, 0.25) is 0 Å². The fourth-order valence-electron chi connectivity index (χ4n) is 1.84. The second-order valence-electron chi connectivity index (χ2n) is 4.57. The number of hydrogen-bond acceptors (Lipinski definition) is 2. The van der Waals surface area contributed by atoms with Crippen LogP contribution < -0.4 is 5.32 Å². The molecule has 0 spiro atoms. The first-order valence-electron chi connectivity index (χ1n) is 5.51. The molecular weight excluding hydrogens is 174 g/mol. The van der Waals surface area contributed by atoms with Crippen LogP contribution in [0.25, 0.3) is 0 Å². The summed E-state index contributed by atoms with van der Waals surface area (Å²) in [6.45, 7) is 5.71. The molecule has 0 amide bonds. The lowest BCUT2D eigenvalue weighted by molar-refractivity contribution is 0.449. The van der Waals surface area contributed by atoms with E-state index >= 15 is 0 Å². The van der Waals surface area contributed by atoms with E-state index in [1.165, 1.54) is 13.0 Å². The van der Waals surface area contributed by atoms with Crippen molar-refractivity contribution in [1.29, 1.82) is 0 Å². The minimum Gasteiger partial charge on any atom is -0.469 e. The number of nitrogens with one attached hydrogen (secondary N) is 1. The molecule has 78 valence electrons. The van der Waals surface area contributed by atoms with E-state index in [1.807, 2.05) is 12.1 Å². The molecular formula is C12H19NO. The Morgan fingerprint density at radius 1 is 1.64 bits per heavy atom. The number of furan rings is 1. The highest BCUT2D eigenvalue weighted by atomic mass is 16.3. The standard InChI is InChI=1S/C12H19NO/c1-9-6-11(9)8-13-10(2)7-12-4-3-5-14-12/h3-5,9-11,13H,6-8H2,1-2H3. The van der Waals surface area contributed by atoms with Crippen LogP contribution in [0.5, 0.6) is 0 Å². The van der Waals surface area contributed by atoms with Gasteiger partial charge in [-0.2, -0.15) is 0 Å². The third-order valence-corrected chi connectivity index (χ3v) is 3.09. The monoisotopic (exact) mass is 193 g/mol. The van der Waals surface area contributed by atoms with Crippen molar-refractivity contribution in [2.75, 3.05) is 6.54 Å². The molecule has 1 aliphatic carbocycles. The van der Waals surface area contributed by atoms with E-state index in [0.717, 1.165) is 24.0 Å². The molecule has 0 aliphatic heterocycles. The van der Waals surface area contributed by atoms with Gasteiger partial charge in [-0.25, -0.2) is 0 Å². The van der Waals surface area contributed by atoms with Gasteiger partial charge in [0.25, 0.3) is 0 Å². The summed E-state index contributed by atoms with van der Waals surface area (Å²) in [6, 6.07) is 4.51. The van der Waals surface area contributed by atoms with Gasteiger partial charge in [-0.1, -0.05) is 6.92 Å². The maximum atomic E-state index is 5.31. The number of hydrogen-bond donors (Lipinski definition) is 1. The van der Waals surface area contributed by atoms with Crippen molar-refractivity contribution in [3.63, 3.8) is 0 Å². The average molecular weight is 193 g/mol. The lowest BCUT2D eigenvalue weighted by Gasteiger charge is -2.11. The summed E-state index contributed by atoms with van der Waals surface area (Å²) >= 11 is 0. The maximum Gasteiger partial charge on any atom is 0.105 e. The zero-order valence-corrected chi connectivity index (χ0v) is 8.99. The largest absolute Gasteiger partial charge is 0.469 e. The summed E-state index contributed by atoms with van der Waals surface area (Å²) in [5, 5.41) is 3.55. The van der Waals surface area contributed by atoms with Crippen LogP contribution in [-0.4, -0.2) is 12.6 Å². The molecule has 14 heavy (non-hydrogen) atoms. The molecule has 1 aromatic heterocycles. The molecule has 3 atom stereocenters. The number of rotatable bonds is 5. The van der Waals surface area contributed by atoms with Crippen molar-refractivity contribution in [3.05, 3.63) is 24.2 Å². The normalized spacial score (nSPS) is 27.6. The molecule has 1 aromatic rings. The smallest absolute Gasteiger partial charge is 0.105 e. The highest BCUT2D eigenvalue weighted by Crippen LogP contribution is 2.36. The predicted octanol–water partition coefficient (Wildman–Crippen LogP) is 2.46. The SMILES string of the molecule is CC(Cc1ccco1)NCC1CC1C. The van der Waals surface area contributed by atoms with Crippen molar-refractivity contribution in [2.24, 2.45) is 11.8 Å². The molecule has 1 fully saturated rings. The van der Waals surface area contributed by atoms with E-state index in [1.54, 1.807) is 6.26 Å². The first-order valence-corrected chi connectivity index (χ1v) is 5.51. The molecule has 3 unspecified atom stereocenters. The Morgan fingerprint density at radius 3 is 3.00 bits per heavy atom. The summed E-state index contributed by atoms with van der Waals surface area (Å²) in [6.07, 6.45) is 4.14. The molecule has 1 heterocycles. The van der Waals surface area contributed by atoms with Crippen LogP contribution in [-0.2, 0) is 6.42 Å². The van der Waals surface area contributed by atoms with Crippen molar-refractivity contribution in [2.45, 2.75) is 32.7 Å². The molecule has 0 radical (unpaired) electrons. The van der Waals surface area contributed by atoms with Crippen LogP contribution in [0.1, 0.15) is 26.0 Å². The van der Waals surface area contributed by atoms with E-state index in [-0.39, 0.29) is 0 Å². The summed E-state index contributed by atoms with van der Waals surface area (Å²) in [7, 11) is 0. The Kier molecular flexibility index (Phi) is 2.92. The van der Waals surface area contributed by atoms with Gasteiger partial charge in [0.2, 0.25) is 0 Å². The third-order valence-electron chi connectivity index (χ3n) is 3.09. The van der Waals surface area contributed by atoms with E-state index in [0.29, 0.717) is 6.04 Å². The highest BCUT2D eigenvalue weighted by Gasteiger charge is 2.31. The quantitative estimate of drug-likeness (QED) is 0.777. The van der Waals surface area contributed by atoms with E-state index in [2.05, 4.69) is 19.2 Å². The van der Waals surface area contributed by atoms with E-state index in [4.69, 9.17) is 4.42 Å². The van der Waals surface area contributed by atoms with Crippen molar-refractivity contribution >= 4 is 0 Å². The van der Waals surface area contributed by atoms with Gasteiger partial charge in [0.1, 0.15) is 5.76 Å². The lowest BCUT2D eigenvalue weighted by atomic mass is 10.2. The first-order chi connectivity index (χ1) is 6.75. The lowest BCUT2D eigenvalue weighted by Crippen LogP contribution is -2.30. The summed E-state index contributed by atoms with van der Waals surface area (Å²) in [5.41, 5.74) is 0. The van der Waals surface area contributed by atoms with Crippen LogP contribution in [0.4, 0.5) is 0 Å². The Hall–Kier alpha value is -0.760. The Bertz CT molecular complexity index is 268. The Labute approximate surface area is 85.7 Å². The van der Waals surface area contributed by atoms with Crippen molar-refractivity contribution < 1.29 is 4.42 Å². The topological polar surface area (TPSA) is 25.2 Å². The molecule has 1 saturated carbocycles. The van der Waals surface area contributed by atoms with Gasteiger partial charge in [-0.3, -0.25) is 0 Å². The molecule has 0 bridgehead atoms. The molecule has 1 N–H and O–H groups in total. The van der Waals surface area contributed by atoms with Gasteiger partial charge in [-0.05, 0) is 43.9 Å². The zero-order chi connectivity index (χ0) is 9.97. The van der Waals surface area contributed by atoms with Crippen LogP contribution in [0.15, 0.2) is 22.8 Å². The zero-order valence-electron chi connectivity index (χ0n) is 8.99. The van der Waals surface area contributed by atoms with Crippen molar-refractivity contribution in [3.8, 4) is 0 Å². The van der Waals surface area contributed by atoms with Crippen LogP contribution >= 0.6 is 0 Å². The minimum atomic E-state index is 0.522. The average Bonchev–Trinajstić information content (AvgIpc) is 2.65. The van der Waals surface area contributed by atoms with Crippen LogP contribution in [0, 0.1) is 11.8 Å². The maximum absolute atomic E-state index is 5.31. The fraction of sp³-hybridized carbons (Fsp3) is 0.667. The molecule has 1 aliphatic rings. The second-order valence-corrected chi connectivity index (χ2v) is 4.57. The molecule has 2 rings (SSSR count). The summed E-state index contributed by atoms with van der Waals surface area (Å²) in [4.78, 5) is 0. The molecule has 0 saturated heterocycles. The first kappa shape index (κ1) is 9.78. The fourth-order valence-corrected chi connectivity index (χ4v) is 1.84. The third kappa shape index (κ3) is 2.61. The van der Waals surface area contributed by atoms with E-state index < -0.39 is 0 Å². The summed E-state index contributed by atoms with van der Waals surface area (Å²) < 4.78 is 5.31. The van der Waals surface area contributed by atoms with Crippen LogP contribution in [0.3, 0.4) is 0 Å². The van der Waals surface area contributed by atoms with Gasteiger partial charge in [-0.15, -0.1) is 0 Å². The second kappa shape index (κ2) is 4.18. The van der Waals surface area contributed by atoms with Gasteiger partial charge in [0.15, 0.2) is 0 Å². The van der Waals surface area contributed by atoms with Gasteiger partial charge in [0.05, 0.1) is 6.26 Å². The molecule has 2 nitrogen and oxygen atoms in total. The van der Waals surface area contributed by atoms with Gasteiger partial charge < -0.3 is 9.73 Å². The van der Waals surface area contributed by atoms with Crippen molar-refractivity contribution in [1.82, 2.24) is 5.32 Å². The van der Waals surface area contributed by atoms with E-state index in [9.17, 15) is 0 Å².